The minimum absolute atomic E-state index is 0.0712. The van der Waals surface area contributed by atoms with Crippen molar-refractivity contribution in [2.24, 2.45) is 5.92 Å². The van der Waals surface area contributed by atoms with Gasteiger partial charge in [-0.3, -0.25) is 9.59 Å². The van der Waals surface area contributed by atoms with Gasteiger partial charge in [0, 0.05) is 41.5 Å². The summed E-state index contributed by atoms with van der Waals surface area (Å²) in [5.41, 5.74) is 3.40. The third-order valence-corrected chi connectivity index (χ3v) is 6.72. The number of rotatable bonds is 5. The summed E-state index contributed by atoms with van der Waals surface area (Å²) < 4.78 is 7.82. The number of amides is 1. The number of pyridine rings is 1. The Balaban J connectivity index is 1.67. The largest absolute Gasteiger partial charge is 0.381 e. The van der Waals surface area contributed by atoms with Gasteiger partial charge in [0.2, 0.25) is 0 Å². The molecule has 1 atom stereocenters. The van der Waals surface area contributed by atoms with Crippen LogP contribution in [0, 0.1) is 19.8 Å². The molecule has 1 aromatic carbocycles. The van der Waals surface area contributed by atoms with E-state index in [2.05, 4.69) is 27.9 Å². The Kier molecular flexibility index (Phi) is 6.21. The highest BCUT2D eigenvalue weighted by Gasteiger charge is 2.27. The first kappa shape index (κ1) is 21.7. The molecule has 0 saturated carbocycles. The molecule has 1 aliphatic heterocycles. The lowest BCUT2D eigenvalue weighted by atomic mass is 9.92. The number of carbonyl (C=O) groups excluding carboxylic acids is 1. The van der Waals surface area contributed by atoms with Crippen molar-refractivity contribution < 1.29 is 9.53 Å². The molecule has 1 amide bonds. The van der Waals surface area contributed by atoms with Gasteiger partial charge in [0.15, 0.2) is 0 Å². The fourth-order valence-electron chi connectivity index (χ4n) is 4.71. The number of halogens is 1. The van der Waals surface area contributed by atoms with E-state index in [4.69, 9.17) is 16.3 Å². The van der Waals surface area contributed by atoms with Gasteiger partial charge in [0.05, 0.1) is 22.7 Å². The summed E-state index contributed by atoms with van der Waals surface area (Å²) in [6.07, 6.45) is 2.03. The molecule has 1 fully saturated rings. The van der Waals surface area contributed by atoms with E-state index in [0.717, 1.165) is 42.7 Å². The molecule has 2 aromatic heterocycles. The van der Waals surface area contributed by atoms with Crippen molar-refractivity contribution in [2.75, 3.05) is 13.2 Å². The van der Waals surface area contributed by atoms with Crippen molar-refractivity contribution in [3.63, 3.8) is 0 Å². The van der Waals surface area contributed by atoms with E-state index >= 15 is 0 Å². The molecule has 0 unspecified atom stereocenters. The lowest BCUT2D eigenvalue weighted by Gasteiger charge is -2.30. The van der Waals surface area contributed by atoms with Gasteiger partial charge in [0.25, 0.3) is 11.5 Å². The van der Waals surface area contributed by atoms with Crippen molar-refractivity contribution in [2.45, 2.75) is 46.2 Å². The van der Waals surface area contributed by atoms with Crippen LogP contribution in [0.25, 0.3) is 10.9 Å². The Morgan fingerprint density at radius 1 is 1.29 bits per heavy atom. The number of carbonyl (C=O) groups is 1. The third-order valence-electron chi connectivity index (χ3n) is 6.38. The zero-order valence-corrected chi connectivity index (χ0v) is 18.9. The molecule has 7 heteroatoms. The van der Waals surface area contributed by atoms with Crippen molar-refractivity contribution in [1.82, 2.24) is 14.9 Å². The number of nitrogens with one attached hydrogen (secondary N) is 2. The van der Waals surface area contributed by atoms with Gasteiger partial charge in [-0.2, -0.15) is 0 Å². The lowest BCUT2D eigenvalue weighted by Crippen LogP contribution is -2.28. The van der Waals surface area contributed by atoms with Gasteiger partial charge in [-0.25, -0.2) is 0 Å². The van der Waals surface area contributed by atoms with Crippen molar-refractivity contribution >= 4 is 28.4 Å². The molecule has 0 radical (unpaired) electrons. The van der Waals surface area contributed by atoms with Crippen molar-refractivity contribution in [3.05, 3.63) is 68.2 Å². The van der Waals surface area contributed by atoms with Crippen LogP contribution in [-0.2, 0) is 11.3 Å². The molecule has 0 spiro atoms. The molecule has 4 rings (SSSR count). The SMILES string of the molecule is Cc1cc(Cl)c(CNC(=O)c2c(C)n([C@H](C)C3CCOCC3)c3ccccc23)c(=O)[nH]1. The average molecular weight is 442 g/mol. The molecular formula is C24H28ClN3O3. The standard InChI is InChI=1S/C24H28ClN3O3/c1-14-12-20(25)19(23(29)27-14)13-26-24(30)22-16(3)28(21-7-5-4-6-18(21)22)15(2)17-8-10-31-11-9-17/h4-7,12,15,17H,8-11,13H2,1-3H3,(H,26,30)(H,27,29)/t15-/m1/s1. The van der Waals surface area contributed by atoms with Crippen LogP contribution >= 0.6 is 11.6 Å². The Hall–Kier alpha value is -2.57. The van der Waals surface area contributed by atoms with E-state index in [-0.39, 0.29) is 24.1 Å². The maximum Gasteiger partial charge on any atom is 0.254 e. The summed E-state index contributed by atoms with van der Waals surface area (Å²) in [5, 5.41) is 4.18. The van der Waals surface area contributed by atoms with Gasteiger partial charge in [0.1, 0.15) is 0 Å². The highest BCUT2D eigenvalue weighted by molar-refractivity contribution is 6.31. The average Bonchev–Trinajstić information content (AvgIpc) is 3.04. The highest BCUT2D eigenvalue weighted by atomic mass is 35.5. The predicted molar refractivity (Wildman–Crippen MR) is 123 cm³/mol. The van der Waals surface area contributed by atoms with Gasteiger partial charge in [-0.1, -0.05) is 29.8 Å². The summed E-state index contributed by atoms with van der Waals surface area (Å²) in [7, 11) is 0. The molecule has 3 aromatic rings. The zero-order chi connectivity index (χ0) is 22.1. The van der Waals surface area contributed by atoms with Crippen LogP contribution in [0.4, 0.5) is 0 Å². The van der Waals surface area contributed by atoms with Crippen LogP contribution in [0.5, 0.6) is 0 Å². The summed E-state index contributed by atoms with van der Waals surface area (Å²) in [4.78, 5) is 28.2. The number of aromatic amines is 1. The summed E-state index contributed by atoms with van der Waals surface area (Å²) in [5.74, 6) is 0.298. The minimum Gasteiger partial charge on any atom is -0.381 e. The number of nitrogens with zero attached hydrogens (tertiary/aromatic N) is 1. The molecular weight excluding hydrogens is 414 g/mol. The second-order valence-corrected chi connectivity index (χ2v) is 8.74. The smallest absolute Gasteiger partial charge is 0.254 e. The second kappa shape index (κ2) is 8.89. The molecule has 3 heterocycles. The van der Waals surface area contributed by atoms with Crippen LogP contribution < -0.4 is 10.9 Å². The lowest BCUT2D eigenvalue weighted by molar-refractivity contribution is 0.0517. The highest BCUT2D eigenvalue weighted by Crippen LogP contribution is 2.35. The zero-order valence-electron chi connectivity index (χ0n) is 18.1. The second-order valence-electron chi connectivity index (χ2n) is 8.33. The number of ether oxygens (including phenoxy) is 1. The molecule has 164 valence electrons. The number of para-hydroxylation sites is 1. The number of hydrogen-bond acceptors (Lipinski definition) is 3. The Morgan fingerprint density at radius 2 is 2.00 bits per heavy atom. The van der Waals surface area contributed by atoms with E-state index in [1.807, 2.05) is 25.1 Å². The first-order valence-electron chi connectivity index (χ1n) is 10.7. The number of fused-ring (bicyclic) bond motifs is 1. The Labute approximate surface area is 186 Å². The Morgan fingerprint density at radius 3 is 2.71 bits per heavy atom. The van der Waals surface area contributed by atoms with E-state index in [0.29, 0.717) is 27.8 Å². The molecule has 1 aliphatic rings. The van der Waals surface area contributed by atoms with Crippen molar-refractivity contribution in [3.8, 4) is 0 Å². The molecule has 6 nitrogen and oxygen atoms in total. The Bertz CT molecular complexity index is 1170. The van der Waals surface area contributed by atoms with Gasteiger partial charge >= 0.3 is 0 Å². The van der Waals surface area contributed by atoms with E-state index in [9.17, 15) is 9.59 Å². The molecule has 2 N–H and O–H groups in total. The molecule has 0 aliphatic carbocycles. The molecule has 1 saturated heterocycles. The van der Waals surface area contributed by atoms with E-state index in [1.165, 1.54) is 0 Å². The number of benzene rings is 1. The number of hydrogen-bond donors (Lipinski definition) is 2. The molecule has 0 bridgehead atoms. The van der Waals surface area contributed by atoms with Gasteiger partial charge in [-0.15, -0.1) is 0 Å². The molecule has 31 heavy (non-hydrogen) atoms. The monoisotopic (exact) mass is 441 g/mol. The fraction of sp³-hybridized carbons (Fsp3) is 0.417. The van der Waals surface area contributed by atoms with Gasteiger partial charge in [-0.05, 0) is 51.7 Å². The van der Waals surface area contributed by atoms with Crippen molar-refractivity contribution in [1.29, 1.82) is 0 Å². The van der Waals surface area contributed by atoms with E-state index < -0.39 is 0 Å². The number of aryl methyl sites for hydroxylation is 1. The first-order chi connectivity index (χ1) is 14.9. The summed E-state index contributed by atoms with van der Waals surface area (Å²) in [6, 6.07) is 9.94. The fourth-order valence-corrected chi connectivity index (χ4v) is 5.03. The van der Waals surface area contributed by atoms with Gasteiger partial charge < -0.3 is 19.6 Å². The summed E-state index contributed by atoms with van der Waals surface area (Å²) in [6.45, 7) is 7.63. The predicted octanol–water partition coefficient (Wildman–Crippen LogP) is 4.52. The van der Waals surface area contributed by atoms with Crippen LogP contribution in [0.2, 0.25) is 5.02 Å². The van der Waals surface area contributed by atoms with E-state index in [1.54, 1.807) is 13.0 Å². The maximum atomic E-state index is 13.3. The first-order valence-corrected chi connectivity index (χ1v) is 11.1. The minimum atomic E-state index is -0.280. The van der Waals surface area contributed by atoms with Crippen LogP contribution in [-0.4, -0.2) is 28.7 Å². The quantitative estimate of drug-likeness (QED) is 0.611. The summed E-state index contributed by atoms with van der Waals surface area (Å²) >= 11 is 6.24. The number of aromatic nitrogens is 2. The van der Waals surface area contributed by atoms with Crippen LogP contribution in [0.1, 0.15) is 53.1 Å². The van der Waals surface area contributed by atoms with Crippen LogP contribution in [0.3, 0.4) is 0 Å². The van der Waals surface area contributed by atoms with Crippen LogP contribution in [0.15, 0.2) is 35.1 Å². The topological polar surface area (TPSA) is 76.1 Å². The third kappa shape index (κ3) is 4.14. The maximum absolute atomic E-state index is 13.3. The number of H-pyrrole nitrogens is 1. The normalized spacial score (nSPS) is 15.9.